The largest absolute Gasteiger partial charge is 0.392 e. The number of imide groups is 1. The second kappa shape index (κ2) is 9.06. The Bertz CT molecular complexity index is 905. The molecule has 5 nitrogen and oxygen atoms in total. The van der Waals surface area contributed by atoms with E-state index in [1.54, 1.807) is 0 Å². The number of amides is 2. The van der Waals surface area contributed by atoms with Gasteiger partial charge in [-0.25, -0.2) is 4.39 Å². The van der Waals surface area contributed by atoms with Crippen LogP contribution in [-0.2, 0) is 22.7 Å². The fraction of sp³-hybridized carbons (Fsp3) is 0.417. The number of rotatable bonds is 5. The maximum atomic E-state index is 13.2. The molecule has 2 aromatic carbocycles. The van der Waals surface area contributed by atoms with Crippen molar-refractivity contribution in [2.45, 2.75) is 50.7 Å². The lowest BCUT2D eigenvalue weighted by Gasteiger charge is -2.32. The van der Waals surface area contributed by atoms with Gasteiger partial charge in [0.2, 0.25) is 11.8 Å². The van der Waals surface area contributed by atoms with Crippen molar-refractivity contribution >= 4 is 11.8 Å². The molecule has 0 unspecified atom stereocenters. The molecule has 0 atom stereocenters. The molecular formula is C24H27FN2O3. The third-order valence-corrected chi connectivity index (χ3v) is 6.30. The van der Waals surface area contributed by atoms with Crippen LogP contribution in [0.25, 0.3) is 0 Å². The number of piperidine rings is 2. The Labute approximate surface area is 175 Å². The molecule has 0 bridgehead atoms. The van der Waals surface area contributed by atoms with E-state index in [2.05, 4.69) is 10.2 Å². The molecule has 2 fully saturated rings. The van der Waals surface area contributed by atoms with Gasteiger partial charge in [0.15, 0.2) is 0 Å². The minimum atomic E-state index is -0.256. The molecule has 2 aromatic rings. The van der Waals surface area contributed by atoms with Crippen molar-refractivity contribution in [1.29, 1.82) is 0 Å². The number of nitrogens with one attached hydrogen (secondary N) is 1. The lowest BCUT2D eigenvalue weighted by Crippen LogP contribution is -2.38. The molecule has 2 aliphatic heterocycles. The van der Waals surface area contributed by atoms with Crippen molar-refractivity contribution < 1.29 is 19.1 Å². The third kappa shape index (κ3) is 4.77. The van der Waals surface area contributed by atoms with Crippen LogP contribution >= 0.6 is 0 Å². The summed E-state index contributed by atoms with van der Waals surface area (Å²) in [6.07, 6.45) is 2.60. The van der Waals surface area contributed by atoms with Gasteiger partial charge >= 0.3 is 0 Å². The first-order valence-corrected chi connectivity index (χ1v) is 10.5. The molecule has 0 saturated carbocycles. The molecule has 2 heterocycles. The van der Waals surface area contributed by atoms with Crippen molar-refractivity contribution in [3.8, 4) is 0 Å². The SMILES string of the molecule is O=C1CC(c2cc(CN3CCC(c4ccc(F)cc4)CC3)ccc2CO)CC(=O)N1. The summed E-state index contributed by atoms with van der Waals surface area (Å²) in [5.41, 5.74) is 4.01. The molecule has 6 heteroatoms. The number of hydrogen-bond acceptors (Lipinski definition) is 4. The number of hydrogen-bond donors (Lipinski definition) is 2. The van der Waals surface area contributed by atoms with Crippen LogP contribution in [-0.4, -0.2) is 34.9 Å². The molecule has 2 aliphatic rings. The van der Waals surface area contributed by atoms with E-state index in [-0.39, 0.29) is 43.0 Å². The van der Waals surface area contributed by atoms with E-state index in [1.165, 1.54) is 17.7 Å². The summed E-state index contributed by atoms with van der Waals surface area (Å²) in [6.45, 7) is 2.61. The van der Waals surface area contributed by atoms with Crippen LogP contribution in [0.4, 0.5) is 4.39 Å². The molecular weight excluding hydrogens is 383 g/mol. The minimum absolute atomic E-state index is 0.106. The Morgan fingerprint density at radius 1 is 0.967 bits per heavy atom. The van der Waals surface area contributed by atoms with Crippen molar-refractivity contribution in [2.75, 3.05) is 13.1 Å². The Kier molecular flexibility index (Phi) is 6.25. The zero-order chi connectivity index (χ0) is 21.1. The molecule has 30 heavy (non-hydrogen) atoms. The van der Waals surface area contributed by atoms with E-state index < -0.39 is 0 Å². The van der Waals surface area contributed by atoms with Gasteiger partial charge in [-0.2, -0.15) is 0 Å². The third-order valence-electron chi connectivity index (χ3n) is 6.30. The first-order valence-electron chi connectivity index (χ1n) is 10.5. The smallest absolute Gasteiger partial charge is 0.227 e. The summed E-state index contributed by atoms with van der Waals surface area (Å²) in [4.78, 5) is 26.0. The second-order valence-corrected chi connectivity index (χ2v) is 8.37. The highest BCUT2D eigenvalue weighted by molar-refractivity contribution is 5.98. The molecule has 4 rings (SSSR count). The number of aliphatic hydroxyl groups excluding tert-OH is 1. The van der Waals surface area contributed by atoms with E-state index in [0.717, 1.165) is 49.2 Å². The molecule has 2 amide bonds. The van der Waals surface area contributed by atoms with Gasteiger partial charge in [0.1, 0.15) is 5.82 Å². The highest BCUT2D eigenvalue weighted by Gasteiger charge is 2.28. The lowest BCUT2D eigenvalue weighted by molar-refractivity contribution is -0.133. The number of benzene rings is 2. The van der Waals surface area contributed by atoms with Gasteiger partial charge in [-0.3, -0.25) is 19.8 Å². The summed E-state index contributed by atoms with van der Waals surface area (Å²) in [6, 6.07) is 12.8. The molecule has 2 saturated heterocycles. The molecule has 0 aliphatic carbocycles. The van der Waals surface area contributed by atoms with Crippen molar-refractivity contribution in [3.05, 3.63) is 70.5 Å². The fourth-order valence-corrected chi connectivity index (χ4v) is 4.68. The van der Waals surface area contributed by atoms with Gasteiger partial charge < -0.3 is 5.11 Å². The number of carbonyl (C=O) groups excluding carboxylic acids is 2. The Morgan fingerprint density at radius 2 is 1.63 bits per heavy atom. The molecule has 0 radical (unpaired) electrons. The lowest BCUT2D eigenvalue weighted by atomic mass is 9.85. The van der Waals surface area contributed by atoms with E-state index in [0.29, 0.717) is 5.92 Å². The van der Waals surface area contributed by atoms with Gasteiger partial charge in [-0.15, -0.1) is 0 Å². The van der Waals surface area contributed by atoms with Crippen molar-refractivity contribution in [1.82, 2.24) is 10.2 Å². The predicted octanol–water partition coefficient (Wildman–Crippen LogP) is 3.22. The van der Waals surface area contributed by atoms with Crippen LogP contribution in [0.3, 0.4) is 0 Å². The Hall–Kier alpha value is -2.57. The number of carbonyl (C=O) groups is 2. The average Bonchev–Trinajstić information content (AvgIpc) is 2.74. The molecule has 2 N–H and O–H groups in total. The normalized spacial score (nSPS) is 19.1. The van der Waals surface area contributed by atoms with Crippen molar-refractivity contribution in [2.24, 2.45) is 0 Å². The number of likely N-dealkylation sites (tertiary alicyclic amines) is 1. The Balaban J connectivity index is 1.42. The van der Waals surface area contributed by atoms with Crippen LogP contribution in [0, 0.1) is 5.82 Å². The van der Waals surface area contributed by atoms with Gasteiger partial charge in [0.05, 0.1) is 6.61 Å². The van der Waals surface area contributed by atoms with Gasteiger partial charge in [0, 0.05) is 25.3 Å². The monoisotopic (exact) mass is 410 g/mol. The first-order chi connectivity index (χ1) is 14.5. The van der Waals surface area contributed by atoms with E-state index >= 15 is 0 Å². The summed E-state index contributed by atoms with van der Waals surface area (Å²) in [5.74, 6) is -0.434. The summed E-state index contributed by atoms with van der Waals surface area (Å²) in [5, 5.41) is 12.1. The standard InChI is InChI=1S/C24H27FN2O3/c25-21-5-3-17(4-6-21)18-7-9-27(10-8-18)14-16-1-2-19(15-28)22(11-16)20-12-23(29)26-24(30)13-20/h1-6,11,18,20,28H,7-10,12-15H2,(H,26,29,30). The van der Waals surface area contributed by atoms with Crippen LogP contribution in [0.2, 0.25) is 0 Å². The van der Waals surface area contributed by atoms with Crippen LogP contribution in [0.1, 0.15) is 59.8 Å². The van der Waals surface area contributed by atoms with Gasteiger partial charge in [-0.1, -0.05) is 30.3 Å². The fourth-order valence-electron chi connectivity index (χ4n) is 4.68. The zero-order valence-electron chi connectivity index (χ0n) is 16.9. The van der Waals surface area contributed by atoms with E-state index in [9.17, 15) is 19.1 Å². The van der Waals surface area contributed by atoms with Crippen LogP contribution in [0.15, 0.2) is 42.5 Å². The number of halogens is 1. The molecule has 158 valence electrons. The zero-order valence-corrected chi connectivity index (χ0v) is 16.9. The first kappa shape index (κ1) is 20.7. The Morgan fingerprint density at radius 3 is 2.27 bits per heavy atom. The second-order valence-electron chi connectivity index (χ2n) is 8.37. The van der Waals surface area contributed by atoms with E-state index in [1.807, 2.05) is 30.3 Å². The average molecular weight is 410 g/mol. The van der Waals surface area contributed by atoms with Gasteiger partial charge in [0.25, 0.3) is 0 Å². The topological polar surface area (TPSA) is 69.6 Å². The summed E-state index contributed by atoms with van der Waals surface area (Å²) < 4.78 is 13.2. The summed E-state index contributed by atoms with van der Waals surface area (Å²) >= 11 is 0. The van der Waals surface area contributed by atoms with Gasteiger partial charge in [-0.05, 0) is 66.2 Å². The van der Waals surface area contributed by atoms with Crippen LogP contribution in [0.5, 0.6) is 0 Å². The van der Waals surface area contributed by atoms with E-state index in [4.69, 9.17) is 0 Å². The van der Waals surface area contributed by atoms with Crippen molar-refractivity contribution in [3.63, 3.8) is 0 Å². The minimum Gasteiger partial charge on any atom is -0.392 e. The number of aliphatic hydroxyl groups is 1. The predicted molar refractivity (Wildman–Crippen MR) is 111 cm³/mol. The van der Waals surface area contributed by atoms with Crippen LogP contribution < -0.4 is 5.32 Å². The number of nitrogens with zero attached hydrogens (tertiary/aromatic N) is 1. The highest BCUT2D eigenvalue weighted by Crippen LogP contribution is 2.32. The maximum Gasteiger partial charge on any atom is 0.227 e. The summed E-state index contributed by atoms with van der Waals surface area (Å²) in [7, 11) is 0. The molecule has 0 spiro atoms. The molecule has 0 aromatic heterocycles. The maximum absolute atomic E-state index is 13.2. The quantitative estimate of drug-likeness (QED) is 0.743. The highest BCUT2D eigenvalue weighted by atomic mass is 19.1.